The van der Waals surface area contributed by atoms with Gasteiger partial charge in [0.1, 0.15) is 0 Å². The number of nitrogens with one attached hydrogen (secondary N) is 1. The normalized spacial score (nSPS) is 10.5. The second-order valence-electron chi connectivity index (χ2n) is 3.46. The smallest absolute Gasteiger partial charge is 0.378 e. The van der Waals surface area contributed by atoms with Crippen LogP contribution in [0.4, 0.5) is 5.69 Å². The van der Waals surface area contributed by atoms with Gasteiger partial charge in [0.05, 0.1) is 0 Å². The van der Waals surface area contributed by atoms with E-state index in [1.165, 1.54) is 11.3 Å². The van der Waals surface area contributed by atoms with Crippen LogP contribution in [0.2, 0.25) is 0 Å². The third-order valence-electron chi connectivity index (χ3n) is 1.76. The molecule has 0 spiro atoms. The van der Waals surface area contributed by atoms with Crippen molar-refractivity contribution < 1.29 is 19.2 Å². The van der Waals surface area contributed by atoms with Crippen molar-refractivity contribution in [1.82, 2.24) is 5.43 Å². The van der Waals surface area contributed by atoms with Gasteiger partial charge < -0.3 is 19.6 Å². The van der Waals surface area contributed by atoms with Crippen molar-refractivity contribution in [2.24, 2.45) is 5.84 Å². The molecule has 0 radical (unpaired) electrons. The SMILES string of the molecule is CN(C)c1ccc(CNN)cc1.O=P(O)(O)O. The van der Waals surface area contributed by atoms with Crippen molar-refractivity contribution in [3.05, 3.63) is 29.8 Å². The maximum atomic E-state index is 8.88. The highest BCUT2D eigenvalue weighted by Crippen LogP contribution is 2.25. The summed E-state index contributed by atoms with van der Waals surface area (Å²) in [6, 6.07) is 8.28. The molecule has 0 atom stereocenters. The van der Waals surface area contributed by atoms with Crippen LogP contribution in [-0.4, -0.2) is 28.8 Å². The predicted molar refractivity (Wildman–Crippen MR) is 66.1 cm³/mol. The Hall–Kier alpha value is -0.950. The van der Waals surface area contributed by atoms with Gasteiger partial charge in [0.25, 0.3) is 0 Å². The van der Waals surface area contributed by atoms with Crippen LogP contribution in [-0.2, 0) is 11.1 Å². The van der Waals surface area contributed by atoms with Crippen LogP contribution in [0.5, 0.6) is 0 Å². The molecule has 7 nitrogen and oxygen atoms in total. The number of anilines is 1. The van der Waals surface area contributed by atoms with Crippen molar-refractivity contribution >= 4 is 13.5 Å². The molecule has 0 aliphatic heterocycles. The first-order valence-electron chi connectivity index (χ1n) is 4.72. The molecule has 0 bridgehead atoms. The number of hydrogen-bond acceptors (Lipinski definition) is 4. The highest BCUT2D eigenvalue weighted by atomic mass is 31.2. The molecule has 8 heteroatoms. The fourth-order valence-corrected chi connectivity index (χ4v) is 1.03. The lowest BCUT2D eigenvalue weighted by atomic mass is 10.2. The second kappa shape index (κ2) is 7.39. The average Bonchev–Trinajstić information content (AvgIpc) is 2.16. The van der Waals surface area contributed by atoms with Crippen molar-refractivity contribution in [2.45, 2.75) is 6.54 Å². The minimum Gasteiger partial charge on any atom is -0.378 e. The second-order valence-corrected chi connectivity index (χ2v) is 4.48. The fourth-order valence-electron chi connectivity index (χ4n) is 1.03. The summed E-state index contributed by atoms with van der Waals surface area (Å²) in [5.74, 6) is 5.20. The van der Waals surface area contributed by atoms with Gasteiger partial charge in [-0.3, -0.25) is 11.3 Å². The molecular formula is C9H18N3O4P. The average molecular weight is 263 g/mol. The maximum Gasteiger partial charge on any atom is 0.466 e. The summed E-state index contributed by atoms with van der Waals surface area (Å²) in [4.78, 5) is 23.6. The standard InChI is InChI=1S/C9H15N3.H3O4P/c1-12(2)9-5-3-8(4-6-9)7-11-10;1-5(2,3)4/h3-6,11H,7,10H2,1-2H3;(H3,1,2,3,4). The van der Waals surface area contributed by atoms with Crippen LogP contribution in [0.3, 0.4) is 0 Å². The lowest BCUT2D eigenvalue weighted by molar-refractivity contribution is 0.275. The first-order chi connectivity index (χ1) is 7.74. The lowest BCUT2D eigenvalue weighted by Gasteiger charge is -2.12. The maximum absolute atomic E-state index is 8.88. The van der Waals surface area contributed by atoms with Crippen LogP contribution < -0.4 is 16.2 Å². The van der Waals surface area contributed by atoms with Gasteiger partial charge in [-0.2, -0.15) is 0 Å². The van der Waals surface area contributed by atoms with Gasteiger partial charge in [0.15, 0.2) is 0 Å². The van der Waals surface area contributed by atoms with E-state index in [1.54, 1.807) is 0 Å². The Morgan fingerprint density at radius 3 is 1.94 bits per heavy atom. The van der Waals surface area contributed by atoms with Crippen molar-refractivity contribution in [1.29, 1.82) is 0 Å². The van der Waals surface area contributed by atoms with Crippen LogP contribution in [0.25, 0.3) is 0 Å². The monoisotopic (exact) mass is 263 g/mol. The summed E-state index contributed by atoms with van der Waals surface area (Å²) < 4.78 is 8.88. The molecule has 0 saturated heterocycles. The summed E-state index contributed by atoms with van der Waals surface area (Å²) in [5.41, 5.74) is 5.02. The molecule has 98 valence electrons. The summed E-state index contributed by atoms with van der Waals surface area (Å²) in [7, 11) is -0.591. The lowest BCUT2D eigenvalue weighted by Crippen LogP contribution is -2.20. The van der Waals surface area contributed by atoms with Crippen LogP contribution in [0, 0.1) is 0 Å². The van der Waals surface area contributed by atoms with E-state index in [1.807, 2.05) is 14.1 Å². The van der Waals surface area contributed by atoms with Crippen LogP contribution in [0.15, 0.2) is 24.3 Å². The van der Waals surface area contributed by atoms with Gasteiger partial charge >= 0.3 is 7.82 Å². The minimum atomic E-state index is -4.64. The molecule has 1 aromatic carbocycles. The van der Waals surface area contributed by atoms with Gasteiger partial charge in [-0.05, 0) is 17.7 Å². The molecule has 0 amide bonds. The molecule has 0 saturated carbocycles. The van der Waals surface area contributed by atoms with Crippen molar-refractivity contribution in [2.75, 3.05) is 19.0 Å². The highest BCUT2D eigenvalue weighted by Gasteiger charge is 2.00. The molecule has 17 heavy (non-hydrogen) atoms. The van der Waals surface area contributed by atoms with Crippen molar-refractivity contribution in [3.8, 4) is 0 Å². The zero-order valence-electron chi connectivity index (χ0n) is 9.74. The van der Waals surface area contributed by atoms with Crippen LogP contribution >= 0.6 is 7.82 Å². The van der Waals surface area contributed by atoms with E-state index < -0.39 is 7.82 Å². The molecule has 0 aromatic heterocycles. The molecule has 1 aromatic rings. The zero-order chi connectivity index (χ0) is 13.5. The largest absolute Gasteiger partial charge is 0.466 e. The number of hydrogen-bond donors (Lipinski definition) is 5. The molecule has 6 N–H and O–H groups in total. The van der Waals surface area contributed by atoms with E-state index in [0.29, 0.717) is 6.54 Å². The molecular weight excluding hydrogens is 245 g/mol. The van der Waals surface area contributed by atoms with Crippen LogP contribution in [0.1, 0.15) is 5.56 Å². The Labute approximate surface area is 100 Å². The predicted octanol–water partition coefficient (Wildman–Crippen LogP) is -0.213. The first-order valence-corrected chi connectivity index (χ1v) is 6.28. The Bertz CT molecular complexity index is 355. The van der Waals surface area contributed by atoms with E-state index >= 15 is 0 Å². The number of benzene rings is 1. The summed E-state index contributed by atoms with van der Waals surface area (Å²) in [6.07, 6.45) is 0. The summed E-state index contributed by atoms with van der Waals surface area (Å²) >= 11 is 0. The highest BCUT2D eigenvalue weighted by molar-refractivity contribution is 7.45. The fraction of sp³-hybridized carbons (Fsp3) is 0.333. The zero-order valence-corrected chi connectivity index (χ0v) is 10.6. The Balaban J connectivity index is 0.000000437. The Morgan fingerprint density at radius 2 is 1.65 bits per heavy atom. The van der Waals surface area contributed by atoms with Crippen molar-refractivity contribution in [3.63, 3.8) is 0 Å². The molecule has 0 unspecified atom stereocenters. The molecule has 0 heterocycles. The first kappa shape index (κ1) is 16.1. The number of hydrazine groups is 1. The Kier molecular flexibility index (Phi) is 6.98. The number of nitrogens with zero attached hydrogens (tertiary/aromatic N) is 1. The molecule has 1 rings (SSSR count). The molecule has 0 fully saturated rings. The Morgan fingerprint density at radius 1 is 1.24 bits per heavy atom. The summed E-state index contributed by atoms with van der Waals surface area (Å²) in [6.45, 7) is 0.716. The summed E-state index contributed by atoms with van der Waals surface area (Å²) in [5, 5.41) is 0. The third kappa shape index (κ3) is 9.95. The van der Waals surface area contributed by atoms with Gasteiger partial charge in [-0.25, -0.2) is 4.57 Å². The topological polar surface area (TPSA) is 119 Å². The number of nitrogens with two attached hydrogens (primary N) is 1. The number of phosphoric acid groups is 1. The van der Waals surface area contributed by atoms with E-state index in [2.05, 4.69) is 34.6 Å². The van der Waals surface area contributed by atoms with E-state index in [-0.39, 0.29) is 0 Å². The minimum absolute atomic E-state index is 0.716. The number of rotatable bonds is 3. The van der Waals surface area contributed by atoms with Gasteiger partial charge in [0, 0.05) is 26.3 Å². The van der Waals surface area contributed by atoms with E-state index in [0.717, 1.165) is 0 Å². The quantitative estimate of drug-likeness (QED) is 0.291. The van der Waals surface area contributed by atoms with Gasteiger partial charge in [-0.1, -0.05) is 12.1 Å². The van der Waals surface area contributed by atoms with E-state index in [4.69, 9.17) is 25.1 Å². The molecule has 0 aliphatic carbocycles. The van der Waals surface area contributed by atoms with Gasteiger partial charge in [-0.15, -0.1) is 0 Å². The van der Waals surface area contributed by atoms with E-state index in [9.17, 15) is 0 Å². The van der Waals surface area contributed by atoms with Gasteiger partial charge in [0.2, 0.25) is 0 Å². The third-order valence-corrected chi connectivity index (χ3v) is 1.76. The molecule has 0 aliphatic rings.